The molecule has 2 aliphatic heterocycles. The van der Waals surface area contributed by atoms with Gasteiger partial charge in [0.25, 0.3) is 0 Å². The van der Waals surface area contributed by atoms with Gasteiger partial charge in [0.2, 0.25) is 5.91 Å². The molecule has 0 bridgehead atoms. The maximum Gasteiger partial charge on any atom is 0.227 e. The van der Waals surface area contributed by atoms with Crippen LogP contribution in [0.25, 0.3) is 0 Å². The highest BCUT2D eigenvalue weighted by Crippen LogP contribution is 2.28. The van der Waals surface area contributed by atoms with Crippen LogP contribution in [-0.4, -0.2) is 42.5 Å². The van der Waals surface area contributed by atoms with Crippen molar-refractivity contribution in [2.75, 3.05) is 26.7 Å². The van der Waals surface area contributed by atoms with Gasteiger partial charge in [0.1, 0.15) is 5.75 Å². The lowest BCUT2D eigenvalue weighted by Crippen LogP contribution is -2.46. The number of carbonyl (C=O) groups is 1. The number of ether oxygens (including phenoxy) is 1. The number of methoxy groups -OCH3 is 1. The number of benzene rings is 2. The molecule has 4 rings (SSSR count). The van der Waals surface area contributed by atoms with Gasteiger partial charge in [-0.1, -0.05) is 40.2 Å². The van der Waals surface area contributed by atoms with Crippen LogP contribution in [0.4, 0.5) is 0 Å². The molecule has 28 heavy (non-hydrogen) atoms. The predicted octanol–water partition coefficient (Wildman–Crippen LogP) is 4.25. The van der Waals surface area contributed by atoms with Gasteiger partial charge in [0.05, 0.1) is 13.0 Å². The molecule has 1 saturated heterocycles. The quantitative estimate of drug-likeness (QED) is 0.708. The molecule has 0 aromatic heterocycles. The Bertz CT molecular complexity index is 854. The van der Waals surface area contributed by atoms with Crippen molar-refractivity contribution in [3.8, 4) is 5.75 Å². The standard InChI is InChI=1S/C23H27BrN2O2/c1-28-22-9-8-21(24)13-20(22)15-25-11-4-7-19(14-25)23(27)26-12-10-17-5-2-3-6-18(17)16-26/h2-3,5-6,8-9,13,19H,4,7,10-12,14-16H2,1H3/t19-/m0/s1. The summed E-state index contributed by atoms with van der Waals surface area (Å²) in [5.41, 5.74) is 3.85. The highest BCUT2D eigenvalue weighted by Gasteiger charge is 2.31. The zero-order valence-electron chi connectivity index (χ0n) is 16.4. The van der Waals surface area contributed by atoms with Crippen LogP contribution in [0, 0.1) is 5.92 Å². The molecule has 0 radical (unpaired) electrons. The van der Waals surface area contributed by atoms with Crippen molar-refractivity contribution in [1.29, 1.82) is 0 Å². The Kier molecular flexibility index (Phi) is 6.02. The molecule has 1 atom stereocenters. The molecule has 2 heterocycles. The number of hydrogen-bond donors (Lipinski definition) is 0. The average molecular weight is 443 g/mol. The van der Waals surface area contributed by atoms with E-state index in [1.807, 2.05) is 12.1 Å². The molecule has 148 valence electrons. The van der Waals surface area contributed by atoms with Gasteiger partial charge in [-0.05, 0) is 55.1 Å². The van der Waals surface area contributed by atoms with Crippen LogP contribution in [0.5, 0.6) is 5.75 Å². The molecule has 0 saturated carbocycles. The summed E-state index contributed by atoms with van der Waals surface area (Å²) < 4.78 is 6.58. The zero-order valence-corrected chi connectivity index (χ0v) is 18.0. The van der Waals surface area contributed by atoms with Crippen LogP contribution in [0.15, 0.2) is 46.9 Å². The predicted molar refractivity (Wildman–Crippen MR) is 114 cm³/mol. The van der Waals surface area contributed by atoms with Crippen molar-refractivity contribution in [2.24, 2.45) is 5.92 Å². The van der Waals surface area contributed by atoms with Crippen molar-refractivity contribution in [2.45, 2.75) is 32.4 Å². The summed E-state index contributed by atoms with van der Waals surface area (Å²) in [4.78, 5) is 17.7. The Morgan fingerprint density at radius 1 is 1.18 bits per heavy atom. The maximum atomic E-state index is 13.2. The first-order valence-corrected chi connectivity index (χ1v) is 10.8. The van der Waals surface area contributed by atoms with Gasteiger partial charge in [0.15, 0.2) is 0 Å². The molecule has 2 aromatic carbocycles. The fraction of sp³-hybridized carbons (Fsp3) is 0.435. The van der Waals surface area contributed by atoms with E-state index in [0.717, 1.165) is 67.8 Å². The van der Waals surface area contributed by atoms with Gasteiger partial charge in [-0.2, -0.15) is 0 Å². The monoisotopic (exact) mass is 442 g/mol. The van der Waals surface area contributed by atoms with Crippen molar-refractivity contribution in [1.82, 2.24) is 9.80 Å². The van der Waals surface area contributed by atoms with E-state index in [2.05, 4.69) is 56.1 Å². The van der Waals surface area contributed by atoms with Gasteiger partial charge < -0.3 is 9.64 Å². The second-order valence-corrected chi connectivity index (χ2v) is 8.72. The Morgan fingerprint density at radius 2 is 2.00 bits per heavy atom. The fourth-order valence-corrected chi connectivity index (χ4v) is 4.86. The van der Waals surface area contributed by atoms with E-state index in [4.69, 9.17) is 4.74 Å². The number of amides is 1. The molecule has 1 amide bonds. The van der Waals surface area contributed by atoms with Crippen LogP contribution in [-0.2, 0) is 24.3 Å². The van der Waals surface area contributed by atoms with Gasteiger partial charge in [-0.3, -0.25) is 9.69 Å². The van der Waals surface area contributed by atoms with Crippen LogP contribution in [0.2, 0.25) is 0 Å². The summed E-state index contributed by atoms with van der Waals surface area (Å²) in [6, 6.07) is 14.6. The Hall–Kier alpha value is -1.85. The molecule has 2 aromatic rings. The second-order valence-electron chi connectivity index (χ2n) is 7.81. The molecular formula is C23H27BrN2O2. The third-order valence-corrected chi connectivity index (χ3v) is 6.43. The number of rotatable bonds is 4. The number of hydrogen-bond acceptors (Lipinski definition) is 3. The lowest BCUT2D eigenvalue weighted by Gasteiger charge is -2.37. The normalized spacial score (nSPS) is 19.9. The summed E-state index contributed by atoms with van der Waals surface area (Å²) in [7, 11) is 1.71. The van der Waals surface area contributed by atoms with Crippen molar-refractivity contribution >= 4 is 21.8 Å². The number of halogens is 1. The number of piperidine rings is 1. The number of carbonyl (C=O) groups excluding carboxylic acids is 1. The molecule has 0 aliphatic carbocycles. The highest BCUT2D eigenvalue weighted by atomic mass is 79.9. The van der Waals surface area contributed by atoms with Gasteiger partial charge >= 0.3 is 0 Å². The molecule has 0 N–H and O–H groups in total. The molecule has 0 spiro atoms. The molecule has 1 fully saturated rings. The zero-order chi connectivity index (χ0) is 19.5. The SMILES string of the molecule is COc1ccc(Br)cc1CN1CCC[C@H](C(=O)N2CCc3ccccc3C2)C1. The smallest absolute Gasteiger partial charge is 0.227 e. The van der Waals surface area contributed by atoms with Crippen LogP contribution >= 0.6 is 15.9 Å². The third-order valence-electron chi connectivity index (χ3n) is 5.93. The van der Waals surface area contributed by atoms with Gasteiger partial charge in [-0.25, -0.2) is 0 Å². The third kappa shape index (κ3) is 4.26. The summed E-state index contributed by atoms with van der Waals surface area (Å²) in [6.45, 7) is 4.26. The Labute approximate surface area is 175 Å². The van der Waals surface area contributed by atoms with Gasteiger partial charge in [-0.15, -0.1) is 0 Å². The first-order valence-electron chi connectivity index (χ1n) is 10.0. The fourth-order valence-electron chi connectivity index (χ4n) is 4.45. The van der Waals surface area contributed by atoms with Crippen molar-refractivity contribution < 1.29 is 9.53 Å². The van der Waals surface area contributed by atoms with Crippen molar-refractivity contribution in [3.05, 3.63) is 63.6 Å². The lowest BCUT2D eigenvalue weighted by atomic mass is 9.93. The largest absolute Gasteiger partial charge is 0.496 e. The second kappa shape index (κ2) is 8.66. The lowest BCUT2D eigenvalue weighted by molar-refractivity contribution is -0.138. The Balaban J connectivity index is 1.41. The topological polar surface area (TPSA) is 32.8 Å². The molecule has 4 nitrogen and oxygen atoms in total. The summed E-state index contributed by atoms with van der Waals surface area (Å²) in [5, 5.41) is 0. The van der Waals surface area contributed by atoms with E-state index in [-0.39, 0.29) is 5.92 Å². The number of nitrogens with zero attached hydrogens (tertiary/aromatic N) is 2. The van der Waals surface area contributed by atoms with E-state index < -0.39 is 0 Å². The Morgan fingerprint density at radius 3 is 2.82 bits per heavy atom. The van der Waals surface area contributed by atoms with Gasteiger partial charge in [0, 0.05) is 36.2 Å². The highest BCUT2D eigenvalue weighted by molar-refractivity contribution is 9.10. The van der Waals surface area contributed by atoms with Crippen molar-refractivity contribution in [3.63, 3.8) is 0 Å². The number of likely N-dealkylation sites (tertiary alicyclic amines) is 1. The van der Waals surface area contributed by atoms with Crippen LogP contribution < -0.4 is 4.74 Å². The van der Waals surface area contributed by atoms with E-state index in [1.54, 1.807) is 7.11 Å². The molecular weight excluding hydrogens is 416 g/mol. The minimum Gasteiger partial charge on any atom is -0.496 e. The van der Waals surface area contributed by atoms with E-state index in [0.29, 0.717) is 5.91 Å². The summed E-state index contributed by atoms with van der Waals surface area (Å²) in [6.07, 6.45) is 3.02. The number of fused-ring (bicyclic) bond motifs is 1. The molecule has 2 aliphatic rings. The summed E-state index contributed by atoms with van der Waals surface area (Å²) in [5.74, 6) is 1.32. The first-order chi connectivity index (χ1) is 13.6. The molecule has 5 heteroatoms. The van der Waals surface area contributed by atoms with E-state index in [9.17, 15) is 4.79 Å². The van der Waals surface area contributed by atoms with Crippen LogP contribution in [0.3, 0.4) is 0 Å². The van der Waals surface area contributed by atoms with E-state index >= 15 is 0 Å². The summed E-state index contributed by atoms with van der Waals surface area (Å²) >= 11 is 3.56. The maximum absolute atomic E-state index is 13.2. The minimum absolute atomic E-state index is 0.0946. The minimum atomic E-state index is 0.0946. The molecule has 0 unspecified atom stereocenters. The average Bonchev–Trinajstić information content (AvgIpc) is 2.73. The van der Waals surface area contributed by atoms with Crippen LogP contribution in [0.1, 0.15) is 29.5 Å². The first kappa shape index (κ1) is 19.5. The van der Waals surface area contributed by atoms with E-state index in [1.165, 1.54) is 11.1 Å².